The third-order valence-corrected chi connectivity index (χ3v) is 3.33. The maximum Gasteiger partial charge on any atom is 0.251 e. The maximum absolute atomic E-state index is 13.1. The van der Waals surface area contributed by atoms with Crippen LogP contribution in [-0.4, -0.2) is 17.8 Å². The number of nitrogens with one attached hydrogen (secondary N) is 1. The summed E-state index contributed by atoms with van der Waals surface area (Å²) in [6, 6.07) is 4.43. The number of rotatable bonds is 7. The van der Waals surface area contributed by atoms with Crippen LogP contribution in [0.5, 0.6) is 0 Å². The van der Waals surface area contributed by atoms with E-state index in [1.807, 2.05) is 0 Å². The van der Waals surface area contributed by atoms with E-state index in [1.165, 1.54) is 25.0 Å². The minimum atomic E-state index is -0.277. The van der Waals surface area contributed by atoms with E-state index >= 15 is 0 Å². The van der Waals surface area contributed by atoms with Crippen molar-refractivity contribution in [3.63, 3.8) is 0 Å². The second-order valence-electron chi connectivity index (χ2n) is 4.32. The molecule has 100 valence electrons. The smallest absolute Gasteiger partial charge is 0.251 e. The fourth-order valence-electron chi connectivity index (χ4n) is 1.66. The number of halogens is 2. The summed E-state index contributed by atoms with van der Waals surface area (Å²) >= 11 is 3.38. The van der Waals surface area contributed by atoms with E-state index in [0.29, 0.717) is 17.7 Å². The van der Waals surface area contributed by atoms with Crippen LogP contribution in [0.3, 0.4) is 0 Å². The van der Waals surface area contributed by atoms with Gasteiger partial charge in [0.2, 0.25) is 0 Å². The topological polar surface area (TPSA) is 29.1 Å². The number of benzene rings is 1. The number of carbonyl (C=O) groups is 1. The molecule has 0 heterocycles. The van der Waals surface area contributed by atoms with Crippen LogP contribution in [0.2, 0.25) is 0 Å². The van der Waals surface area contributed by atoms with Crippen molar-refractivity contribution in [1.29, 1.82) is 0 Å². The highest BCUT2D eigenvalue weighted by atomic mass is 79.9. The average Bonchev–Trinajstić information content (AvgIpc) is 2.36. The molecule has 0 radical (unpaired) electrons. The zero-order valence-electron chi connectivity index (χ0n) is 10.6. The molecule has 1 N–H and O–H groups in total. The number of amides is 1. The molecule has 1 amide bonds. The highest BCUT2D eigenvalue weighted by Crippen LogP contribution is 2.09. The first-order chi connectivity index (χ1) is 8.65. The van der Waals surface area contributed by atoms with Crippen LogP contribution in [0.25, 0.3) is 0 Å². The zero-order chi connectivity index (χ0) is 13.4. The average molecular weight is 316 g/mol. The maximum atomic E-state index is 13.1. The molecule has 0 saturated heterocycles. The summed E-state index contributed by atoms with van der Waals surface area (Å²) in [7, 11) is 0. The van der Waals surface area contributed by atoms with E-state index in [0.717, 1.165) is 18.2 Å². The summed E-state index contributed by atoms with van der Waals surface area (Å²) in [6.45, 7) is 2.34. The van der Waals surface area contributed by atoms with Crippen molar-refractivity contribution in [2.75, 3.05) is 11.9 Å². The molecule has 0 fully saturated rings. The van der Waals surface area contributed by atoms with E-state index in [-0.39, 0.29) is 11.7 Å². The van der Waals surface area contributed by atoms with E-state index < -0.39 is 0 Å². The molecular formula is C14H19BrFNO. The van der Waals surface area contributed by atoms with Gasteiger partial charge in [-0.05, 0) is 43.5 Å². The molecule has 0 aliphatic heterocycles. The van der Waals surface area contributed by atoms with E-state index in [9.17, 15) is 9.18 Å². The number of hydrogen-bond donors (Lipinski definition) is 1. The van der Waals surface area contributed by atoms with Crippen LogP contribution in [0.15, 0.2) is 18.2 Å². The molecule has 0 aromatic heterocycles. The Hall–Kier alpha value is -0.900. The Morgan fingerprint density at radius 3 is 2.67 bits per heavy atom. The number of aryl methyl sites for hydroxylation is 1. The predicted octanol–water partition coefficient (Wildman–Crippen LogP) is 3.82. The third-order valence-electron chi connectivity index (χ3n) is 2.77. The summed E-state index contributed by atoms with van der Waals surface area (Å²) in [4.78, 5) is 11.8. The van der Waals surface area contributed by atoms with Crippen LogP contribution in [0.1, 0.15) is 41.6 Å². The molecule has 18 heavy (non-hydrogen) atoms. The van der Waals surface area contributed by atoms with Gasteiger partial charge in [-0.3, -0.25) is 4.79 Å². The minimum Gasteiger partial charge on any atom is -0.352 e. The summed E-state index contributed by atoms with van der Waals surface area (Å²) in [5, 5.41) is 3.89. The van der Waals surface area contributed by atoms with Crippen LogP contribution in [0.4, 0.5) is 4.39 Å². The summed E-state index contributed by atoms with van der Waals surface area (Å²) in [5.41, 5.74) is 1.02. The Kier molecular flexibility index (Phi) is 6.94. The third kappa shape index (κ3) is 5.17. The lowest BCUT2D eigenvalue weighted by Gasteiger charge is -2.06. The molecule has 2 nitrogen and oxygen atoms in total. The number of hydrogen-bond acceptors (Lipinski definition) is 1. The SMILES string of the molecule is Cc1cc(C(=O)NCCCCCCBr)ccc1F. The highest BCUT2D eigenvalue weighted by molar-refractivity contribution is 9.09. The molecule has 0 aliphatic carbocycles. The standard InChI is InChI=1S/C14H19BrFNO/c1-11-10-12(6-7-13(11)16)14(18)17-9-5-3-2-4-8-15/h6-7,10H,2-5,8-9H2,1H3,(H,17,18). The Labute approximate surface area is 116 Å². The first kappa shape index (κ1) is 15.2. The zero-order valence-corrected chi connectivity index (χ0v) is 12.2. The van der Waals surface area contributed by atoms with Gasteiger partial charge in [-0.25, -0.2) is 4.39 Å². The molecule has 4 heteroatoms. The van der Waals surface area contributed by atoms with Crippen LogP contribution >= 0.6 is 15.9 Å². The molecular weight excluding hydrogens is 297 g/mol. The van der Waals surface area contributed by atoms with Crippen LogP contribution in [0, 0.1) is 12.7 Å². The Balaban J connectivity index is 2.30. The molecule has 0 atom stereocenters. The summed E-state index contributed by atoms with van der Waals surface area (Å²) < 4.78 is 13.1. The largest absolute Gasteiger partial charge is 0.352 e. The van der Waals surface area contributed by atoms with Gasteiger partial charge in [0.05, 0.1) is 0 Å². The summed E-state index contributed by atoms with van der Waals surface area (Å²) in [6.07, 6.45) is 4.45. The van der Waals surface area contributed by atoms with E-state index in [4.69, 9.17) is 0 Å². The van der Waals surface area contributed by atoms with Crippen molar-refractivity contribution >= 4 is 21.8 Å². The first-order valence-electron chi connectivity index (χ1n) is 6.25. The van der Waals surface area contributed by atoms with Gasteiger partial charge >= 0.3 is 0 Å². The van der Waals surface area contributed by atoms with Crippen molar-refractivity contribution in [1.82, 2.24) is 5.32 Å². The quantitative estimate of drug-likeness (QED) is 0.601. The van der Waals surface area contributed by atoms with Gasteiger partial charge in [0.15, 0.2) is 0 Å². The van der Waals surface area contributed by atoms with Crippen molar-refractivity contribution < 1.29 is 9.18 Å². The van der Waals surface area contributed by atoms with Gasteiger partial charge < -0.3 is 5.32 Å². The Bertz CT molecular complexity index is 395. The van der Waals surface area contributed by atoms with Gasteiger partial charge in [-0.2, -0.15) is 0 Å². The molecule has 0 spiro atoms. The molecule has 0 saturated carbocycles. The minimum absolute atomic E-state index is 0.126. The van der Waals surface area contributed by atoms with Crippen LogP contribution in [-0.2, 0) is 0 Å². The van der Waals surface area contributed by atoms with Crippen molar-refractivity contribution in [3.8, 4) is 0 Å². The molecule has 0 aliphatic rings. The monoisotopic (exact) mass is 315 g/mol. The molecule has 1 rings (SSSR count). The normalized spacial score (nSPS) is 10.4. The number of unbranched alkanes of at least 4 members (excludes halogenated alkanes) is 3. The van der Waals surface area contributed by atoms with Gasteiger partial charge in [0.25, 0.3) is 5.91 Å². The number of carbonyl (C=O) groups excluding carboxylic acids is 1. The molecule has 0 unspecified atom stereocenters. The van der Waals surface area contributed by atoms with Gasteiger partial charge in [-0.15, -0.1) is 0 Å². The Morgan fingerprint density at radius 1 is 1.28 bits per heavy atom. The van der Waals surface area contributed by atoms with Gasteiger partial charge in [0, 0.05) is 17.4 Å². The summed E-state index contributed by atoms with van der Waals surface area (Å²) in [5.74, 6) is -0.403. The van der Waals surface area contributed by atoms with Crippen LogP contribution < -0.4 is 5.32 Å². The molecule has 1 aromatic rings. The highest BCUT2D eigenvalue weighted by Gasteiger charge is 2.06. The number of alkyl halides is 1. The lowest BCUT2D eigenvalue weighted by atomic mass is 10.1. The van der Waals surface area contributed by atoms with Gasteiger partial charge in [0.1, 0.15) is 5.82 Å². The molecule has 0 bridgehead atoms. The fraction of sp³-hybridized carbons (Fsp3) is 0.500. The second kappa shape index (κ2) is 8.25. The van der Waals surface area contributed by atoms with E-state index in [2.05, 4.69) is 21.2 Å². The van der Waals surface area contributed by atoms with E-state index in [1.54, 1.807) is 13.0 Å². The van der Waals surface area contributed by atoms with Crippen molar-refractivity contribution in [2.24, 2.45) is 0 Å². The molecule has 1 aromatic carbocycles. The second-order valence-corrected chi connectivity index (χ2v) is 5.12. The van der Waals surface area contributed by atoms with Gasteiger partial charge in [-0.1, -0.05) is 28.8 Å². The fourth-order valence-corrected chi connectivity index (χ4v) is 2.06. The van der Waals surface area contributed by atoms with Crippen molar-refractivity contribution in [3.05, 3.63) is 35.1 Å². The lowest BCUT2D eigenvalue weighted by molar-refractivity contribution is 0.0953. The van der Waals surface area contributed by atoms with Crippen molar-refractivity contribution in [2.45, 2.75) is 32.6 Å². The Morgan fingerprint density at radius 2 is 2.00 bits per heavy atom. The predicted molar refractivity (Wildman–Crippen MR) is 75.7 cm³/mol. The lowest BCUT2D eigenvalue weighted by Crippen LogP contribution is -2.24. The first-order valence-corrected chi connectivity index (χ1v) is 7.37.